The Kier molecular flexibility index (Phi) is 4.26. The molecular weight excluding hydrogens is 242 g/mol. The topological polar surface area (TPSA) is 26.0 Å². The maximum absolute atomic E-state index is 6.34. The smallest absolute Gasteiger partial charge is 0.0484 e. The van der Waals surface area contributed by atoms with Gasteiger partial charge in [-0.25, -0.2) is 0 Å². The molecule has 0 aliphatic heterocycles. The summed E-state index contributed by atoms with van der Waals surface area (Å²) in [7, 11) is 0. The van der Waals surface area contributed by atoms with Crippen molar-refractivity contribution in [2.45, 2.75) is 32.7 Å². The van der Waals surface area contributed by atoms with Crippen LogP contribution in [0.1, 0.15) is 38.3 Å². The third-order valence-corrected chi connectivity index (χ3v) is 3.99. The van der Waals surface area contributed by atoms with E-state index in [0.29, 0.717) is 5.92 Å². The van der Waals surface area contributed by atoms with E-state index >= 15 is 0 Å². The first kappa shape index (κ1) is 13.4. The van der Waals surface area contributed by atoms with Crippen molar-refractivity contribution in [1.82, 2.24) is 0 Å². The third-order valence-electron chi connectivity index (χ3n) is 3.66. The summed E-state index contributed by atoms with van der Waals surface area (Å²) >= 11 is 6.23. The zero-order valence-electron chi connectivity index (χ0n) is 11.0. The summed E-state index contributed by atoms with van der Waals surface area (Å²) in [6.07, 6.45) is 2.18. The van der Waals surface area contributed by atoms with Crippen molar-refractivity contribution in [3.05, 3.63) is 47.0 Å². The van der Waals surface area contributed by atoms with Gasteiger partial charge in [0.05, 0.1) is 0 Å². The lowest BCUT2D eigenvalue weighted by Crippen LogP contribution is -2.14. The van der Waals surface area contributed by atoms with Crippen molar-refractivity contribution in [2.24, 2.45) is 11.7 Å². The molecule has 0 aromatic heterocycles. The molecule has 0 heterocycles. The highest BCUT2D eigenvalue weighted by Gasteiger charge is 2.13. The Bertz CT molecular complexity index is 536. The Morgan fingerprint density at radius 1 is 1.11 bits per heavy atom. The van der Waals surface area contributed by atoms with Crippen LogP contribution in [-0.2, 0) is 0 Å². The number of nitrogens with two attached hydrogens (primary N) is 1. The van der Waals surface area contributed by atoms with Crippen LogP contribution in [0.3, 0.4) is 0 Å². The van der Waals surface area contributed by atoms with Crippen LogP contribution in [0, 0.1) is 5.92 Å². The van der Waals surface area contributed by atoms with E-state index in [0.717, 1.165) is 16.8 Å². The van der Waals surface area contributed by atoms with Crippen molar-refractivity contribution in [3.8, 4) is 0 Å². The van der Waals surface area contributed by atoms with Gasteiger partial charge in [0.15, 0.2) is 0 Å². The normalized spacial score (nSPS) is 14.7. The molecule has 2 aromatic carbocycles. The maximum Gasteiger partial charge on any atom is 0.0484 e. The Balaban J connectivity index is 2.42. The van der Waals surface area contributed by atoms with Gasteiger partial charge in [0, 0.05) is 16.5 Å². The summed E-state index contributed by atoms with van der Waals surface area (Å²) in [5.41, 5.74) is 7.55. The standard InChI is InChI=1S/C16H20ClN/c1-3-11(2)10-16(18)14-8-9-15(17)13-7-5-4-6-12(13)14/h4-9,11,16H,3,10,18H2,1-2H3. The summed E-state index contributed by atoms with van der Waals surface area (Å²) in [6, 6.07) is 12.3. The van der Waals surface area contributed by atoms with Crippen molar-refractivity contribution in [1.29, 1.82) is 0 Å². The lowest BCUT2D eigenvalue weighted by Gasteiger charge is -2.18. The highest BCUT2D eigenvalue weighted by molar-refractivity contribution is 6.35. The molecule has 0 saturated heterocycles. The van der Waals surface area contributed by atoms with E-state index in [1.807, 2.05) is 18.2 Å². The van der Waals surface area contributed by atoms with E-state index in [-0.39, 0.29) is 6.04 Å². The lowest BCUT2D eigenvalue weighted by atomic mass is 9.92. The fraction of sp³-hybridized carbons (Fsp3) is 0.375. The highest BCUT2D eigenvalue weighted by Crippen LogP contribution is 2.31. The molecule has 1 nitrogen and oxygen atoms in total. The van der Waals surface area contributed by atoms with Gasteiger partial charge in [-0.1, -0.05) is 62.2 Å². The molecule has 0 aliphatic rings. The molecule has 0 aliphatic carbocycles. The molecule has 0 bridgehead atoms. The molecule has 2 rings (SSSR count). The molecule has 2 N–H and O–H groups in total. The van der Waals surface area contributed by atoms with E-state index < -0.39 is 0 Å². The van der Waals surface area contributed by atoms with Gasteiger partial charge in [-0.15, -0.1) is 0 Å². The van der Waals surface area contributed by atoms with Gasteiger partial charge >= 0.3 is 0 Å². The largest absolute Gasteiger partial charge is 0.324 e. The maximum atomic E-state index is 6.34. The summed E-state index contributed by atoms with van der Waals surface area (Å²) in [5.74, 6) is 0.648. The predicted octanol–water partition coefficient (Wildman–Crippen LogP) is 4.93. The molecule has 0 fully saturated rings. The van der Waals surface area contributed by atoms with Crippen LogP contribution in [0.5, 0.6) is 0 Å². The summed E-state index contributed by atoms with van der Waals surface area (Å²) < 4.78 is 0. The zero-order valence-corrected chi connectivity index (χ0v) is 11.7. The number of benzene rings is 2. The third kappa shape index (κ3) is 2.68. The van der Waals surface area contributed by atoms with Gasteiger partial charge in [-0.2, -0.15) is 0 Å². The quantitative estimate of drug-likeness (QED) is 0.830. The van der Waals surface area contributed by atoms with Crippen LogP contribution in [0.2, 0.25) is 5.02 Å². The number of fused-ring (bicyclic) bond motifs is 1. The number of hydrogen-bond acceptors (Lipinski definition) is 1. The second-order valence-corrected chi connectivity index (χ2v) is 5.45. The second kappa shape index (κ2) is 5.73. The molecule has 0 saturated carbocycles. The van der Waals surface area contributed by atoms with Crippen LogP contribution in [0.25, 0.3) is 10.8 Å². The molecule has 96 valence electrons. The first-order valence-corrected chi connectivity index (χ1v) is 6.94. The minimum atomic E-state index is 0.0853. The van der Waals surface area contributed by atoms with Crippen molar-refractivity contribution in [3.63, 3.8) is 0 Å². The molecule has 0 amide bonds. The fourth-order valence-electron chi connectivity index (χ4n) is 2.34. The summed E-state index contributed by atoms with van der Waals surface area (Å²) in [6.45, 7) is 4.45. The predicted molar refractivity (Wildman–Crippen MR) is 80.0 cm³/mol. The lowest BCUT2D eigenvalue weighted by molar-refractivity contribution is 0.463. The Labute approximate surface area is 114 Å². The van der Waals surface area contributed by atoms with Crippen molar-refractivity contribution in [2.75, 3.05) is 0 Å². The molecule has 2 aromatic rings. The van der Waals surface area contributed by atoms with Gasteiger partial charge < -0.3 is 5.73 Å². The first-order chi connectivity index (χ1) is 8.63. The fourth-order valence-corrected chi connectivity index (χ4v) is 2.56. The monoisotopic (exact) mass is 261 g/mol. The summed E-state index contributed by atoms with van der Waals surface area (Å²) in [4.78, 5) is 0. The van der Waals surface area contributed by atoms with Gasteiger partial charge in [-0.3, -0.25) is 0 Å². The highest BCUT2D eigenvalue weighted by atomic mass is 35.5. The first-order valence-electron chi connectivity index (χ1n) is 6.56. The van der Waals surface area contributed by atoms with E-state index in [2.05, 4.69) is 32.0 Å². The van der Waals surface area contributed by atoms with Gasteiger partial charge in [-0.05, 0) is 29.4 Å². The van der Waals surface area contributed by atoms with Crippen molar-refractivity contribution < 1.29 is 0 Å². The molecule has 2 atom stereocenters. The Hall–Kier alpha value is -1.05. The molecule has 2 heteroatoms. The number of hydrogen-bond donors (Lipinski definition) is 1. The minimum absolute atomic E-state index is 0.0853. The van der Waals surface area contributed by atoms with Crippen LogP contribution in [-0.4, -0.2) is 0 Å². The van der Waals surface area contributed by atoms with E-state index in [1.54, 1.807) is 0 Å². The van der Waals surface area contributed by atoms with Crippen LogP contribution in [0.4, 0.5) is 0 Å². The average molecular weight is 262 g/mol. The Morgan fingerprint density at radius 3 is 2.44 bits per heavy atom. The van der Waals surface area contributed by atoms with Crippen LogP contribution in [0.15, 0.2) is 36.4 Å². The van der Waals surface area contributed by atoms with Crippen LogP contribution >= 0.6 is 11.6 Å². The van der Waals surface area contributed by atoms with Gasteiger partial charge in [0.2, 0.25) is 0 Å². The summed E-state index contributed by atoms with van der Waals surface area (Å²) in [5, 5.41) is 3.07. The molecule has 0 radical (unpaired) electrons. The average Bonchev–Trinajstić information content (AvgIpc) is 2.39. The number of halogens is 1. The zero-order chi connectivity index (χ0) is 13.1. The molecular formula is C16H20ClN. The molecule has 2 unspecified atom stereocenters. The molecule has 0 spiro atoms. The van der Waals surface area contributed by atoms with E-state index in [9.17, 15) is 0 Å². The second-order valence-electron chi connectivity index (χ2n) is 5.04. The van der Waals surface area contributed by atoms with Gasteiger partial charge in [0.25, 0.3) is 0 Å². The minimum Gasteiger partial charge on any atom is -0.324 e. The van der Waals surface area contributed by atoms with Crippen LogP contribution < -0.4 is 5.73 Å². The molecule has 18 heavy (non-hydrogen) atoms. The van der Waals surface area contributed by atoms with E-state index in [4.69, 9.17) is 17.3 Å². The Morgan fingerprint density at radius 2 is 1.78 bits per heavy atom. The number of rotatable bonds is 4. The SMILES string of the molecule is CCC(C)CC(N)c1ccc(Cl)c2ccccc12. The van der Waals surface area contributed by atoms with Gasteiger partial charge in [0.1, 0.15) is 0 Å². The van der Waals surface area contributed by atoms with Crippen molar-refractivity contribution >= 4 is 22.4 Å². The van der Waals surface area contributed by atoms with E-state index in [1.165, 1.54) is 17.4 Å².